The molecule has 0 spiro atoms. The molecule has 21 heavy (non-hydrogen) atoms. The van der Waals surface area contributed by atoms with E-state index in [2.05, 4.69) is 31.0 Å². The highest BCUT2D eigenvalue weighted by molar-refractivity contribution is 5.86. The average molecular weight is 295 g/mol. The molecule has 0 radical (unpaired) electrons. The standard InChI is InChI=1S/C17H33N3O/c1-4-10-19-17(15(18)21,14-6-7-14)13-20-11-8-16(3,5-2)9-12-20/h14,19H,4-13H2,1-3H3,(H2,18,21). The number of carbonyl (C=O) groups excluding carboxylic acids is 1. The second-order valence-electron chi connectivity index (χ2n) is 7.48. The van der Waals surface area contributed by atoms with Gasteiger partial charge < -0.3 is 16.0 Å². The highest BCUT2D eigenvalue weighted by Gasteiger charge is 2.50. The van der Waals surface area contributed by atoms with Gasteiger partial charge in [-0.05, 0) is 63.1 Å². The number of piperidine rings is 1. The van der Waals surface area contributed by atoms with Crippen LogP contribution in [-0.4, -0.2) is 42.5 Å². The van der Waals surface area contributed by atoms with Crippen molar-refractivity contribution in [3.63, 3.8) is 0 Å². The third-order valence-corrected chi connectivity index (χ3v) is 5.79. The summed E-state index contributed by atoms with van der Waals surface area (Å²) in [5, 5.41) is 3.51. The highest BCUT2D eigenvalue weighted by atomic mass is 16.1. The Morgan fingerprint density at radius 3 is 2.38 bits per heavy atom. The minimum Gasteiger partial charge on any atom is -0.368 e. The molecular weight excluding hydrogens is 262 g/mol. The smallest absolute Gasteiger partial charge is 0.239 e. The normalized spacial score (nSPS) is 25.5. The zero-order valence-electron chi connectivity index (χ0n) is 14.1. The van der Waals surface area contributed by atoms with Gasteiger partial charge in [-0.25, -0.2) is 0 Å². The first-order chi connectivity index (χ1) is 9.96. The van der Waals surface area contributed by atoms with Crippen LogP contribution in [-0.2, 0) is 4.79 Å². The van der Waals surface area contributed by atoms with Gasteiger partial charge in [-0.2, -0.15) is 0 Å². The van der Waals surface area contributed by atoms with Gasteiger partial charge in [0, 0.05) is 6.54 Å². The Labute approximate surface area is 129 Å². The minimum absolute atomic E-state index is 0.151. The molecule has 1 saturated carbocycles. The second kappa shape index (κ2) is 6.66. The molecule has 1 atom stereocenters. The highest BCUT2D eigenvalue weighted by Crippen LogP contribution is 2.41. The molecule has 1 unspecified atom stereocenters. The molecular formula is C17H33N3O. The number of nitrogens with zero attached hydrogens (tertiary/aromatic N) is 1. The van der Waals surface area contributed by atoms with E-state index in [0.29, 0.717) is 11.3 Å². The molecule has 2 aliphatic rings. The van der Waals surface area contributed by atoms with Gasteiger partial charge >= 0.3 is 0 Å². The number of hydrogen-bond donors (Lipinski definition) is 2. The van der Waals surface area contributed by atoms with Crippen LogP contribution in [0, 0.1) is 11.3 Å². The van der Waals surface area contributed by atoms with Crippen molar-refractivity contribution in [3.05, 3.63) is 0 Å². The summed E-state index contributed by atoms with van der Waals surface area (Å²) in [6.07, 6.45) is 7.03. The largest absolute Gasteiger partial charge is 0.368 e. The molecule has 1 amide bonds. The summed E-state index contributed by atoms with van der Waals surface area (Å²) in [6, 6.07) is 0. The quantitative estimate of drug-likeness (QED) is 0.721. The predicted molar refractivity (Wildman–Crippen MR) is 87.0 cm³/mol. The van der Waals surface area contributed by atoms with Gasteiger partial charge in [0.1, 0.15) is 5.54 Å². The van der Waals surface area contributed by atoms with Crippen molar-refractivity contribution in [2.75, 3.05) is 26.2 Å². The number of carbonyl (C=O) groups is 1. The molecule has 1 aliphatic carbocycles. The van der Waals surface area contributed by atoms with Crippen LogP contribution < -0.4 is 11.1 Å². The maximum atomic E-state index is 12.2. The number of primary amides is 1. The van der Waals surface area contributed by atoms with Crippen LogP contribution in [0.25, 0.3) is 0 Å². The Kier molecular flexibility index (Phi) is 5.31. The molecule has 122 valence electrons. The van der Waals surface area contributed by atoms with Crippen LogP contribution in [0.4, 0.5) is 0 Å². The summed E-state index contributed by atoms with van der Waals surface area (Å²) in [4.78, 5) is 14.7. The van der Waals surface area contributed by atoms with Crippen LogP contribution in [0.15, 0.2) is 0 Å². The summed E-state index contributed by atoms with van der Waals surface area (Å²) in [5.74, 6) is 0.295. The monoisotopic (exact) mass is 295 g/mol. The van der Waals surface area contributed by atoms with Crippen LogP contribution in [0.3, 0.4) is 0 Å². The number of nitrogens with two attached hydrogens (primary N) is 1. The first-order valence-electron chi connectivity index (χ1n) is 8.73. The summed E-state index contributed by atoms with van der Waals surface area (Å²) >= 11 is 0. The number of rotatable bonds is 8. The van der Waals surface area contributed by atoms with E-state index in [0.717, 1.165) is 45.4 Å². The number of likely N-dealkylation sites (tertiary alicyclic amines) is 1. The van der Waals surface area contributed by atoms with Crippen molar-refractivity contribution in [3.8, 4) is 0 Å². The van der Waals surface area contributed by atoms with E-state index >= 15 is 0 Å². The van der Waals surface area contributed by atoms with E-state index < -0.39 is 5.54 Å². The Bertz CT molecular complexity index is 359. The molecule has 4 heteroatoms. The van der Waals surface area contributed by atoms with Crippen LogP contribution in [0.2, 0.25) is 0 Å². The molecule has 2 fully saturated rings. The van der Waals surface area contributed by atoms with Gasteiger partial charge in [-0.15, -0.1) is 0 Å². The lowest BCUT2D eigenvalue weighted by atomic mass is 9.77. The predicted octanol–water partition coefficient (Wildman–Crippen LogP) is 2.13. The fourth-order valence-corrected chi connectivity index (χ4v) is 3.58. The summed E-state index contributed by atoms with van der Waals surface area (Å²) in [5.41, 5.74) is 5.82. The van der Waals surface area contributed by atoms with E-state index in [1.54, 1.807) is 0 Å². The number of hydrogen-bond acceptors (Lipinski definition) is 3. The maximum Gasteiger partial charge on any atom is 0.239 e. The molecule has 0 aromatic rings. The molecule has 4 nitrogen and oxygen atoms in total. The van der Waals surface area contributed by atoms with Gasteiger partial charge in [-0.1, -0.05) is 27.2 Å². The maximum absolute atomic E-state index is 12.2. The molecule has 1 heterocycles. The van der Waals surface area contributed by atoms with Gasteiger partial charge in [-0.3, -0.25) is 4.79 Å². The average Bonchev–Trinajstić information content (AvgIpc) is 3.30. The topological polar surface area (TPSA) is 58.4 Å². The Morgan fingerprint density at radius 2 is 1.95 bits per heavy atom. The van der Waals surface area contributed by atoms with Crippen LogP contribution >= 0.6 is 0 Å². The van der Waals surface area contributed by atoms with Crippen molar-refractivity contribution in [1.29, 1.82) is 0 Å². The summed E-state index contributed by atoms with van der Waals surface area (Å²) < 4.78 is 0. The molecule has 1 aliphatic heterocycles. The summed E-state index contributed by atoms with van der Waals surface area (Å²) in [6.45, 7) is 10.7. The van der Waals surface area contributed by atoms with Gasteiger partial charge in [0.05, 0.1) is 0 Å². The fourth-order valence-electron chi connectivity index (χ4n) is 3.58. The minimum atomic E-state index is -0.490. The van der Waals surface area contributed by atoms with E-state index in [4.69, 9.17) is 5.73 Å². The lowest BCUT2D eigenvalue weighted by Crippen LogP contribution is -2.64. The zero-order chi connectivity index (χ0) is 15.5. The van der Waals surface area contributed by atoms with Crippen molar-refractivity contribution >= 4 is 5.91 Å². The molecule has 0 aromatic heterocycles. The van der Waals surface area contributed by atoms with Crippen molar-refractivity contribution < 1.29 is 4.79 Å². The van der Waals surface area contributed by atoms with Gasteiger partial charge in [0.2, 0.25) is 5.91 Å². The summed E-state index contributed by atoms with van der Waals surface area (Å²) in [7, 11) is 0. The second-order valence-corrected chi connectivity index (χ2v) is 7.48. The van der Waals surface area contributed by atoms with Crippen molar-refractivity contribution in [1.82, 2.24) is 10.2 Å². The Balaban J connectivity index is 2.00. The van der Waals surface area contributed by atoms with Gasteiger partial charge in [0.15, 0.2) is 0 Å². The number of nitrogens with one attached hydrogen (secondary N) is 1. The van der Waals surface area contributed by atoms with E-state index in [9.17, 15) is 4.79 Å². The van der Waals surface area contributed by atoms with E-state index in [1.807, 2.05) is 0 Å². The van der Waals surface area contributed by atoms with E-state index in [1.165, 1.54) is 19.3 Å². The first kappa shape index (κ1) is 16.8. The fraction of sp³-hybridized carbons (Fsp3) is 0.941. The van der Waals surface area contributed by atoms with Crippen LogP contribution in [0.1, 0.15) is 59.3 Å². The van der Waals surface area contributed by atoms with E-state index in [-0.39, 0.29) is 5.91 Å². The van der Waals surface area contributed by atoms with Gasteiger partial charge in [0.25, 0.3) is 0 Å². The molecule has 0 bridgehead atoms. The molecule has 1 saturated heterocycles. The SMILES string of the molecule is CCCNC(CN1CCC(C)(CC)CC1)(C(N)=O)C1CC1. The lowest BCUT2D eigenvalue weighted by molar-refractivity contribution is -0.126. The third-order valence-electron chi connectivity index (χ3n) is 5.79. The van der Waals surface area contributed by atoms with Crippen molar-refractivity contribution in [2.24, 2.45) is 17.1 Å². The molecule has 2 rings (SSSR count). The third kappa shape index (κ3) is 3.78. The first-order valence-corrected chi connectivity index (χ1v) is 8.73. The Hall–Kier alpha value is -0.610. The van der Waals surface area contributed by atoms with Crippen molar-refractivity contribution in [2.45, 2.75) is 64.8 Å². The molecule has 0 aromatic carbocycles. The lowest BCUT2D eigenvalue weighted by Gasteiger charge is -2.43. The molecule has 3 N–H and O–H groups in total. The number of amides is 1. The zero-order valence-corrected chi connectivity index (χ0v) is 14.1. The van der Waals surface area contributed by atoms with Crippen LogP contribution in [0.5, 0.6) is 0 Å². The Morgan fingerprint density at radius 1 is 1.33 bits per heavy atom.